The van der Waals surface area contributed by atoms with Gasteiger partial charge in [-0.05, 0) is 36.8 Å². The molecule has 3 aromatic rings. The first kappa shape index (κ1) is 23.6. The van der Waals surface area contributed by atoms with Crippen LogP contribution in [-0.4, -0.2) is 77.5 Å². The number of carbonyl (C=O) groups is 2. The number of hydrogen-bond donors (Lipinski definition) is 1. The van der Waals surface area contributed by atoms with Gasteiger partial charge in [-0.1, -0.05) is 0 Å². The van der Waals surface area contributed by atoms with E-state index in [1.54, 1.807) is 31.4 Å². The zero-order valence-electron chi connectivity index (χ0n) is 18.5. The smallest absolute Gasteiger partial charge is 0.231 e. The van der Waals surface area contributed by atoms with Crippen LogP contribution in [-0.2, 0) is 19.6 Å². The average molecular weight is 489 g/mol. The van der Waals surface area contributed by atoms with E-state index in [0.717, 1.165) is 10.5 Å². The molecule has 0 bridgehead atoms. The SMILES string of the molecule is COc1ccc(-c2nnc3ccc(OCCNS(=O)(=O)CCN4C(=O)CCCC4=O)nn23)cc1. The molecule has 0 saturated carbocycles. The summed E-state index contributed by atoms with van der Waals surface area (Å²) in [5.41, 5.74) is 1.32. The van der Waals surface area contributed by atoms with Crippen LogP contribution in [0.2, 0.25) is 0 Å². The van der Waals surface area contributed by atoms with Gasteiger partial charge in [0.15, 0.2) is 11.5 Å². The molecule has 1 aliphatic rings. The third-order valence-corrected chi connectivity index (χ3v) is 6.59. The van der Waals surface area contributed by atoms with Gasteiger partial charge in [0, 0.05) is 37.6 Å². The third kappa shape index (κ3) is 5.48. The summed E-state index contributed by atoms with van der Waals surface area (Å²) in [6, 6.07) is 10.6. The first-order chi connectivity index (χ1) is 16.4. The highest BCUT2D eigenvalue weighted by atomic mass is 32.2. The first-order valence-corrected chi connectivity index (χ1v) is 12.3. The first-order valence-electron chi connectivity index (χ1n) is 10.7. The molecule has 0 unspecified atom stereocenters. The van der Waals surface area contributed by atoms with Gasteiger partial charge in [0.25, 0.3) is 0 Å². The lowest BCUT2D eigenvalue weighted by molar-refractivity contribution is -0.147. The summed E-state index contributed by atoms with van der Waals surface area (Å²) < 4.78 is 39.1. The number of imide groups is 1. The van der Waals surface area contributed by atoms with Crippen LogP contribution < -0.4 is 14.2 Å². The Labute approximate surface area is 195 Å². The molecule has 0 spiro atoms. The van der Waals surface area contributed by atoms with E-state index in [-0.39, 0.29) is 56.0 Å². The molecule has 0 atom stereocenters. The fourth-order valence-corrected chi connectivity index (χ4v) is 4.42. The van der Waals surface area contributed by atoms with E-state index in [4.69, 9.17) is 9.47 Å². The minimum Gasteiger partial charge on any atom is -0.497 e. The number of fused-ring (bicyclic) bond motifs is 1. The molecular weight excluding hydrogens is 464 g/mol. The quantitative estimate of drug-likeness (QED) is 0.321. The monoisotopic (exact) mass is 488 g/mol. The van der Waals surface area contributed by atoms with E-state index in [1.807, 2.05) is 12.1 Å². The summed E-state index contributed by atoms with van der Waals surface area (Å²) in [7, 11) is -2.10. The molecule has 13 heteroatoms. The van der Waals surface area contributed by atoms with E-state index in [0.29, 0.717) is 23.6 Å². The topological polar surface area (TPSA) is 145 Å². The van der Waals surface area contributed by atoms with E-state index >= 15 is 0 Å². The van der Waals surface area contributed by atoms with Crippen molar-refractivity contribution in [3.8, 4) is 23.0 Å². The van der Waals surface area contributed by atoms with Gasteiger partial charge in [-0.3, -0.25) is 14.5 Å². The number of aromatic nitrogens is 4. The lowest BCUT2D eigenvalue weighted by Gasteiger charge is -2.24. The van der Waals surface area contributed by atoms with Crippen molar-refractivity contribution in [2.75, 3.05) is 32.6 Å². The summed E-state index contributed by atoms with van der Waals surface area (Å²) in [5.74, 6) is 0.474. The maximum absolute atomic E-state index is 12.2. The number of methoxy groups -OCH3 is 1. The summed E-state index contributed by atoms with van der Waals surface area (Å²) in [5, 5.41) is 12.6. The lowest BCUT2D eigenvalue weighted by atomic mass is 10.1. The molecule has 180 valence electrons. The van der Waals surface area contributed by atoms with Gasteiger partial charge in [-0.2, -0.15) is 4.52 Å². The Kier molecular flexibility index (Phi) is 7.03. The maximum atomic E-state index is 12.2. The van der Waals surface area contributed by atoms with Crippen molar-refractivity contribution in [3.63, 3.8) is 0 Å². The molecule has 0 radical (unpaired) electrons. The van der Waals surface area contributed by atoms with Crippen molar-refractivity contribution >= 4 is 27.5 Å². The Morgan fingerprint density at radius 3 is 2.47 bits per heavy atom. The molecule has 34 heavy (non-hydrogen) atoms. The normalized spacial score (nSPS) is 14.6. The van der Waals surface area contributed by atoms with Gasteiger partial charge in [0.1, 0.15) is 12.4 Å². The Morgan fingerprint density at radius 1 is 1.03 bits per heavy atom. The van der Waals surface area contributed by atoms with Crippen LogP contribution in [0, 0.1) is 0 Å². The molecule has 1 N–H and O–H groups in total. The number of benzene rings is 1. The number of likely N-dealkylation sites (tertiary alicyclic amines) is 1. The van der Waals surface area contributed by atoms with Gasteiger partial charge in [-0.15, -0.1) is 15.3 Å². The van der Waals surface area contributed by atoms with Crippen LogP contribution in [0.1, 0.15) is 19.3 Å². The molecule has 12 nitrogen and oxygen atoms in total. The third-order valence-electron chi connectivity index (χ3n) is 5.23. The number of carbonyl (C=O) groups excluding carboxylic acids is 2. The molecule has 1 aromatic carbocycles. The summed E-state index contributed by atoms with van der Waals surface area (Å²) in [6.45, 7) is -0.134. The second-order valence-electron chi connectivity index (χ2n) is 7.55. The lowest BCUT2D eigenvalue weighted by Crippen LogP contribution is -2.44. The Balaban J connectivity index is 1.32. The number of nitrogens with zero attached hydrogens (tertiary/aromatic N) is 5. The summed E-state index contributed by atoms with van der Waals surface area (Å²) in [4.78, 5) is 24.6. The minimum atomic E-state index is -3.69. The van der Waals surface area contributed by atoms with E-state index in [1.165, 1.54) is 4.52 Å². The number of rotatable bonds is 10. The van der Waals surface area contributed by atoms with Gasteiger partial charge < -0.3 is 9.47 Å². The summed E-state index contributed by atoms with van der Waals surface area (Å²) in [6.07, 6.45) is 1.03. The number of nitrogens with one attached hydrogen (secondary N) is 1. The van der Waals surface area contributed by atoms with Gasteiger partial charge >= 0.3 is 0 Å². The highest BCUT2D eigenvalue weighted by molar-refractivity contribution is 7.89. The molecular formula is C21H24N6O6S. The molecule has 2 aromatic heterocycles. The molecule has 0 aliphatic carbocycles. The molecule has 3 heterocycles. The van der Waals surface area contributed by atoms with E-state index < -0.39 is 10.0 Å². The van der Waals surface area contributed by atoms with Crippen molar-refractivity contribution in [1.82, 2.24) is 29.4 Å². The number of amides is 2. The highest BCUT2D eigenvalue weighted by Gasteiger charge is 2.27. The average Bonchev–Trinajstić information content (AvgIpc) is 3.25. The van der Waals surface area contributed by atoms with Crippen molar-refractivity contribution in [3.05, 3.63) is 36.4 Å². The predicted octanol–water partition coefficient (Wildman–Crippen LogP) is 0.637. The van der Waals surface area contributed by atoms with Crippen LogP contribution in [0.3, 0.4) is 0 Å². The highest BCUT2D eigenvalue weighted by Crippen LogP contribution is 2.21. The van der Waals surface area contributed by atoms with Crippen LogP contribution in [0.15, 0.2) is 36.4 Å². The predicted molar refractivity (Wildman–Crippen MR) is 121 cm³/mol. The number of sulfonamides is 1. The standard InChI is InChI=1S/C21H24N6O6S/c1-32-16-7-5-15(6-8-16)21-24-23-17-9-10-18(25-27(17)21)33-13-11-22-34(30,31)14-12-26-19(28)3-2-4-20(26)29/h5-10,22H,2-4,11-14H2,1H3. The second kappa shape index (κ2) is 10.1. The Bertz CT molecular complexity index is 1270. The van der Waals surface area contributed by atoms with Crippen molar-refractivity contribution in [2.24, 2.45) is 0 Å². The number of hydrogen-bond acceptors (Lipinski definition) is 9. The molecule has 1 fully saturated rings. The van der Waals surface area contributed by atoms with E-state index in [9.17, 15) is 18.0 Å². The van der Waals surface area contributed by atoms with Crippen LogP contribution in [0.25, 0.3) is 17.0 Å². The minimum absolute atomic E-state index is 0.00252. The van der Waals surface area contributed by atoms with Gasteiger partial charge in [-0.25, -0.2) is 13.1 Å². The van der Waals surface area contributed by atoms with Crippen LogP contribution >= 0.6 is 0 Å². The van der Waals surface area contributed by atoms with Crippen molar-refractivity contribution < 1.29 is 27.5 Å². The summed E-state index contributed by atoms with van der Waals surface area (Å²) >= 11 is 0. The molecule has 1 aliphatic heterocycles. The number of ether oxygens (including phenoxy) is 2. The molecule has 4 rings (SSSR count). The molecule has 2 amide bonds. The van der Waals surface area contributed by atoms with Gasteiger partial charge in [0.05, 0.1) is 12.9 Å². The van der Waals surface area contributed by atoms with Crippen LogP contribution in [0.4, 0.5) is 0 Å². The van der Waals surface area contributed by atoms with E-state index in [2.05, 4.69) is 20.0 Å². The van der Waals surface area contributed by atoms with Crippen molar-refractivity contribution in [2.45, 2.75) is 19.3 Å². The number of piperidine rings is 1. The zero-order valence-corrected chi connectivity index (χ0v) is 19.3. The zero-order chi connectivity index (χ0) is 24.1. The Hall–Kier alpha value is -3.58. The van der Waals surface area contributed by atoms with Gasteiger partial charge in [0.2, 0.25) is 27.7 Å². The van der Waals surface area contributed by atoms with Crippen LogP contribution in [0.5, 0.6) is 11.6 Å². The fourth-order valence-electron chi connectivity index (χ4n) is 3.45. The second-order valence-corrected chi connectivity index (χ2v) is 9.47. The largest absolute Gasteiger partial charge is 0.497 e. The Morgan fingerprint density at radius 2 is 1.76 bits per heavy atom. The maximum Gasteiger partial charge on any atom is 0.231 e. The molecule has 1 saturated heterocycles. The van der Waals surface area contributed by atoms with Crippen molar-refractivity contribution in [1.29, 1.82) is 0 Å². The fraction of sp³-hybridized carbons (Fsp3) is 0.381.